The second-order valence-corrected chi connectivity index (χ2v) is 14.5. The molecule has 1 amide bonds. The molecule has 1 aromatic carbocycles. The maximum Gasteiger partial charge on any atom is 0.223 e. The Labute approximate surface area is 275 Å². The number of aliphatic hydroxyl groups excluding tert-OH is 1. The summed E-state index contributed by atoms with van der Waals surface area (Å²) < 4.78 is 11.1. The van der Waals surface area contributed by atoms with Crippen molar-refractivity contribution < 1.29 is 19.2 Å². The van der Waals surface area contributed by atoms with E-state index < -0.39 is 6.10 Å². The molecule has 2 aliphatic heterocycles. The normalized spacial score (nSPS) is 24.7. The van der Waals surface area contributed by atoms with Crippen molar-refractivity contribution >= 4 is 5.91 Å². The number of aryl methyl sites for hydroxylation is 1. The minimum Gasteiger partial charge on any atom is -0.488 e. The maximum atomic E-state index is 13.4. The van der Waals surface area contributed by atoms with E-state index in [4.69, 9.17) is 9.26 Å². The second kappa shape index (κ2) is 16.1. The van der Waals surface area contributed by atoms with Crippen LogP contribution in [0.5, 0.6) is 5.75 Å². The molecule has 2 aromatic rings. The zero-order chi connectivity index (χ0) is 31.9. The molecule has 2 aliphatic carbocycles. The summed E-state index contributed by atoms with van der Waals surface area (Å²) in [7, 11) is 0. The van der Waals surface area contributed by atoms with Gasteiger partial charge in [0.05, 0.1) is 23.5 Å². The van der Waals surface area contributed by atoms with E-state index >= 15 is 0 Å². The topological polar surface area (TPSA) is 103 Å². The number of nitrogens with zero attached hydrogens (tertiary/aromatic N) is 3. The van der Waals surface area contributed by atoms with E-state index in [0.29, 0.717) is 37.9 Å². The molecule has 2 saturated carbocycles. The van der Waals surface area contributed by atoms with Crippen LogP contribution in [0.25, 0.3) is 0 Å². The van der Waals surface area contributed by atoms with E-state index in [1.807, 2.05) is 13.0 Å². The summed E-state index contributed by atoms with van der Waals surface area (Å²) in [5.41, 5.74) is 5.61. The third-order valence-electron chi connectivity index (χ3n) is 11.3. The summed E-state index contributed by atoms with van der Waals surface area (Å²) in [4.78, 5) is 18.5. The largest absolute Gasteiger partial charge is 0.488 e. The summed E-state index contributed by atoms with van der Waals surface area (Å²) in [6, 6.07) is 5.45. The lowest BCUT2D eigenvalue weighted by atomic mass is 9.87. The lowest BCUT2D eigenvalue weighted by Gasteiger charge is -2.46. The third-order valence-corrected chi connectivity index (χ3v) is 11.3. The highest BCUT2D eigenvalue weighted by molar-refractivity contribution is 5.78. The number of aromatic nitrogens is 1. The number of hydrogen-bond acceptors (Lipinski definition) is 8. The molecular formula is C37H57N5O4. The molecule has 1 saturated heterocycles. The number of aliphatic hydroxyl groups is 1. The van der Waals surface area contributed by atoms with Gasteiger partial charge in [0.2, 0.25) is 5.91 Å². The van der Waals surface area contributed by atoms with Gasteiger partial charge in [-0.3, -0.25) is 19.9 Å². The van der Waals surface area contributed by atoms with Gasteiger partial charge >= 0.3 is 0 Å². The summed E-state index contributed by atoms with van der Waals surface area (Å²) in [5, 5.41) is 22.0. The number of β-amino-alcohol motifs (C(OH)–C–C–N with tert-alkyl or cyclic N) is 1. The first-order chi connectivity index (χ1) is 22.4. The number of likely N-dealkylation sites (tertiary alicyclic amines) is 1. The van der Waals surface area contributed by atoms with Crippen LogP contribution in [-0.2, 0) is 24.4 Å². The molecule has 9 nitrogen and oxygen atoms in total. The van der Waals surface area contributed by atoms with Gasteiger partial charge in [-0.05, 0) is 81.5 Å². The number of piperidine rings is 1. The maximum absolute atomic E-state index is 13.4. The molecule has 6 rings (SSSR count). The number of amides is 1. The van der Waals surface area contributed by atoms with Crippen molar-refractivity contribution in [3.63, 3.8) is 0 Å². The number of ether oxygens (including phenoxy) is 1. The molecule has 3 atom stereocenters. The second-order valence-electron chi connectivity index (χ2n) is 14.5. The molecule has 0 bridgehead atoms. The highest BCUT2D eigenvalue weighted by atomic mass is 16.5. The highest BCUT2D eigenvalue weighted by Crippen LogP contribution is 2.32. The Morgan fingerprint density at radius 2 is 1.83 bits per heavy atom. The van der Waals surface area contributed by atoms with Gasteiger partial charge in [-0.2, -0.15) is 0 Å². The van der Waals surface area contributed by atoms with Crippen molar-refractivity contribution in [1.29, 1.82) is 0 Å². The Hall–Kier alpha value is -2.46. The number of carbonyl (C=O) groups is 1. The standard InChI is InChI=1S/C37H57N5O4/c1-26-34-17-18-41(22-29(34)14-15-35(26)45-24-30-25-46-40-27(30)2)23-33(43)21-38-37(44)28-16-19-42(36(20-28)39-31-10-9-11-31)32-12-7-5-3-4-6-8-13-32/h14-15,25,28,31-33,36,39,43H,3-13,16-24H2,1-2H3,(H,38,44)/t28?,33-,36?/m0/s1. The van der Waals surface area contributed by atoms with Crippen LogP contribution in [0, 0.1) is 19.8 Å². The predicted octanol–water partition coefficient (Wildman–Crippen LogP) is 5.39. The smallest absolute Gasteiger partial charge is 0.223 e. The van der Waals surface area contributed by atoms with E-state index in [-0.39, 0.29) is 11.8 Å². The van der Waals surface area contributed by atoms with Crippen LogP contribution in [0.3, 0.4) is 0 Å². The molecule has 3 N–H and O–H groups in total. The SMILES string of the molecule is Cc1nocc1COc1ccc2c(c1C)CCN(C[C@@H](O)CNC(=O)C1CCN(C3CCCCCCCC3)C(NC3CCC3)C1)C2. The van der Waals surface area contributed by atoms with Crippen LogP contribution >= 0.6 is 0 Å². The monoisotopic (exact) mass is 635 g/mol. The highest BCUT2D eigenvalue weighted by Gasteiger charge is 2.37. The Balaban J connectivity index is 0.971. The molecule has 1 aromatic heterocycles. The summed E-state index contributed by atoms with van der Waals surface area (Å²) in [5.74, 6) is 1.01. The number of nitrogens with one attached hydrogen (secondary N) is 2. The van der Waals surface area contributed by atoms with Crippen LogP contribution < -0.4 is 15.4 Å². The number of rotatable bonds is 11. The van der Waals surface area contributed by atoms with Gasteiger partial charge in [-0.15, -0.1) is 0 Å². The molecule has 9 heteroatoms. The van der Waals surface area contributed by atoms with Crippen LogP contribution in [0.15, 0.2) is 22.9 Å². The molecule has 4 aliphatic rings. The summed E-state index contributed by atoms with van der Waals surface area (Å²) >= 11 is 0. The Morgan fingerprint density at radius 1 is 1.04 bits per heavy atom. The first kappa shape index (κ1) is 33.4. The van der Waals surface area contributed by atoms with Gasteiger partial charge in [0.25, 0.3) is 0 Å². The van der Waals surface area contributed by atoms with Gasteiger partial charge in [0.15, 0.2) is 0 Å². The zero-order valence-corrected chi connectivity index (χ0v) is 28.3. The molecule has 3 fully saturated rings. The van der Waals surface area contributed by atoms with Crippen molar-refractivity contribution in [2.75, 3.05) is 26.2 Å². The van der Waals surface area contributed by atoms with Gasteiger partial charge in [-0.25, -0.2) is 0 Å². The van der Waals surface area contributed by atoms with Crippen LogP contribution in [0.2, 0.25) is 0 Å². The van der Waals surface area contributed by atoms with Crippen molar-refractivity contribution in [2.45, 2.75) is 141 Å². The van der Waals surface area contributed by atoms with Crippen molar-refractivity contribution in [1.82, 2.24) is 25.6 Å². The Morgan fingerprint density at radius 3 is 2.54 bits per heavy atom. The third kappa shape index (κ3) is 8.52. The van der Waals surface area contributed by atoms with E-state index in [2.05, 4.69) is 38.6 Å². The fourth-order valence-corrected chi connectivity index (χ4v) is 8.13. The number of benzene rings is 1. The molecule has 254 valence electrons. The van der Waals surface area contributed by atoms with Crippen LogP contribution in [-0.4, -0.2) is 76.5 Å². The van der Waals surface area contributed by atoms with E-state index in [0.717, 1.165) is 55.9 Å². The fraction of sp³-hybridized carbons (Fsp3) is 0.730. The quantitative estimate of drug-likeness (QED) is 0.302. The van der Waals surface area contributed by atoms with Gasteiger partial charge in [0, 0.05) is 50.7 Å². The fourth-order valence-electron chi connectivity index (χ4n) is 8.13. The minimum atomic E-state index is -0.594. The Bertz CT molecular complexity index is 1270. The summed E-state index contributed by atoms with van der Waals surface area (Å²) in [6.45, 7) is 8.01. The average molecular weight is 636 g/mol. The first-order valence-corrected chi connectivity index (χ1v) is 18.3. The first-order valence-electron chi connectivity index (χ1n) is 18.3. The van der Waals surface area contributed by atoms with Crippen LogP contribution in [0.4, 0.5) is 0 Å². The number of fused-ring (bicyclic) bond motifs is 1. The average Bonchev–Trinajstić information content (AvgIpc) is 3.51. The molecule has 46 heavy (non-hydrogen) atoms. The molecule has 0 radical (unpaired) electrons. The van der Waals surface area contributed by atoms with Crippen molar-refractivity contribution in [3.8, 4) is 5.75 Å². The summed E-state index contributed by atoms with van der Waals surface area (Å²) in [6.07, 6.45) is 18.6. The lowest BCUT2D eigenvalue weighted by molar-refractivity contribution is -0.128. The van der Waals surface area contributed by atoms with E-state index in [1.54, 1.807) is 6.26 Å². The minimum absolute atomic E-state index is 0.00676. The predicted molar refractivity (Wildman–Crippen MR) is 179 cm³/mol. The number of carbonyl (C=O) groups excluding carboxylic acids is 1. The van der Waals surface area contributed by atoms with Gasteiger partial charge in [0.1, 0.15) is 18.6 Å². The van der Waals surface area contributed by atoms with Crippen LogP contribution in [0.1, 0.15) is 111 Å². The van der Waals surface area contributed by atoms with Gasteiger partial charge in [-0.1, -0.05) is 56.2 Å². The zero-order valence-electron chi connectivity index (χ0n) is 28.3. The lowest BCUT2D eigenvalue weighted by Crippen LogP contribution is -2.59. The van der Waals surface area contributed by atoms with Crippen molar-refractivity contribution in [3.05, 3.63) is 46.3 Å². The van der Waals surface area contributed by atoms with Crippen molar-refractivity contribution in [2.24, 2.45) is 5.92 Å². The molecular weight excluding hydrogens is 578 g/mol. The molecule has 3 heterocycles. The molecule has 2 unspecified atom stereocenters. The Kier molecular flexibility index (Phi) is 11.7. The number of hydrogen-bond donors (Lipinski definition) is 3. The molecule has 0 spiro atoms. The van der Waals surface area contributed by atoms with E-state index in [1.165, 1.54) is 87.3 Å². The van der Waals surface area contributed by atoms with Gasteiger partial charge < -0.3 is 19.7 Å². The van der Waals surface area contributed by atoms with E-state index in [9.17, 15) is 9.90 Å².